The van der Waals surface area contributed by atoms with Gasteiger partial charge in [0.05, 0.1) is 6.61 Å². The van der Waals surface area contributed by atoms with E-state index in [0.29, 0.717) is 21.0 Å². The zero-order valence-electron chi connectivity index (χ0n) is 7.23. The highest BCUT2D eigenvalue weighted by Gasteiger charge is 2.17. The second-order valence-electron chi connectivity index (χ2n) is 2.42. The van der Waals surface area contributed by atoms with Gasteiger partial charge in [0, 0.05) is 0 Å². The molecule has 0 aliphatic rings. The summed E-state index contributed by atoms with van der Waals surface area (Å²) in [5.41, 5.74) is 0.315. The first-order chi connectivity index (χ1) is 6.72. The van der Waals surface area contributed by atoms with Crippen molar-refractivity contribution in [1.82, 2.24) is 14.6 Å². The molecule has 0 aromatic carbocycles. The lowest BCUT2D eigenvalue weighted by Crippen LogP contribution is -2.04. The maximum absolute atomic E-state index is 11.4. The molecule has 0 spiro atoms. The minimum atomic E-state index is -0.411. The number of imidazole rings is 1. The monoisotopic (exact) mass is 275 g/mol. The van der Waals surface area contributed by atoms with Crippen LogP contribution in [0.1, 0.15) is 17.4 Å². The van der Waals surface area contributed by atoms with Crippen LogP contribution >= 0.6 is 27.3 Å². The van der Waals surface area contributed by atoms with Crippen LogP contribution in [0.15, 0.2) is 10.2 Å². The molecule has 0 atom stereocenters. The van der Waals surface area contributed by atoms with Crippen molar-refractivity contribution < 1.29 is 9.53 Å². The molecule has 0 saturated carbocycles. The highest BCUT2D eigenvalue weighted by atomic mass is 79.9. The average molecular weight is 276 g/mol. The number of rotatable bonds is 2. The molecule has 0 amide bonds. The Bertz CT molecular complexity index is 478. The predicted octanol–water partition coefficient (Wildman–Crippen LogP) is 1.73. The number of esters is 1. The van der Waals surface area contributed by atoms with Crippen molar-refractivity contribution in [3.8, 4) is 0 Å². The number of fused-ring (bicyclic) bond motifs is 1. The topological polar surface area (TPSA) is 56.5 Å². The van der Waals surface area contributed by atoms with E-state index < -0.39 is 5.97 Å². The van der Waals surface area contributed by atoms with Crippen LogP contribution in [-0.4, -0.2) is 27.2 Å². The summed E-state index contributed by atoms with van der Waals surface area (Å²) in [6.45, 7) is 2.10. The Balaban J connectivity index is 2.46. The predicted molar refractivity (Wildman–Crippen MR) is 54.5 cm³/mol. The van der Waals surface area contributed by atoms with Crippen molar-refractivity contribution in [2.45, 2.75) is 6.92 Å². The van der Waals surface area contributed by atoms with Gasteiger partial charge in [-0.05, 0) is 22.9 Å². The Morgan fingerprint density at radius 3 is 3.29 bits per heavy atom. The van der Waals surface area contributed by atoms with Gasteiger partial charge in [0.2, 0.25) is 0 Å². The van der Waals surface area contributed by atoms with E-state index in [0.717, 1.165) is 0 Å². The van der Waals surface area contributed by atoms with E-state index in [2.05, 4.69) is 26.0 Å². The molecule has 2 aromatic heterocycles. The van der Waals surface area contributed by atoms with Crippen molar-refractivity contribution in [3.05, 3.63) is 15.9 Å². The maximum atomic E-state index is 11.4. The van der Waals surface area contributed by atoms with E-state index in [1.165, 1.54) is 17.7 Å². The Hall–Kier alpha value is -0.950. The summed E-state index contributed by atoms with van der Waals surface area (Å²) >= 11 is 4.58. The number of hydrogen-bond acceptors (Lipinski definition) is 5. The number of carbonyl (C=O) groups is 1. The minimum absolute atomic E-state index is 0.315. The molecule has 0 N–H and O–H groups in total. The van der Waals surface area contributed by atoms with Crippen LogP contribution in [0, 0.1) is 0 Å². The molecule has 5 nitrogen and oxygen atoms in total. The zero-order chi connectivity index (χ0) is 10.1. The first kappa shape index (κ1) is 9.60. The molecule has 74 valence electrons. The Kier molecular flexibility index (Phi) is 2.51. The lowest BCUT2D eigenvalue weighted by molar-refractivity contribution is 0.0523. The van der Waals surface area contributed by atoms with Gasteiger partial charge in [0.15, 0.2) is 14.4 Å². The van der Waals surface area contributed by atoms with E-state index in [9.17, 15) is 4.79 Å². The summed E-state index contributed by atoms with van der Waals surface area (Å²) in [6.07, 6.45) is 1.49. The van der Waals surface area contributed by atoms with Gasteiger partial charge in [-0.25, -0.2) is 14.3 Å². The summed E-state index contributed by atoms with van der Waals surface area (Å²) < 4.78 is 7.10. The van der Waals surface area contributed by atoms with E-state index in [4.69, 9.17) is 4.74 Å². The van der Waals surface area contributed by atoms with E-state index in [1.807, 2.05) is 0 Å². The van der Waals surface area contributed by atoms with Crippen molar-refractivity contribution in [2.75, 3.05) is 6.61 Å². The third-order valence-electron chi connectivity index (χ3n) is 1.54. The molecule has 0 unspecified atom stereocenters. The van der Waals surface area contributed by atoms with Gasteiger partial charge in [-0.2, -0.15) is 0 Å². The van der Waals surface area contributed by atoms with Gasteiger partial charge in [0.1, 0.15) is 6.33 Å². The maximum Gasteiger partial charge on any atom is 0.360 e. The summed E-state index contributed by atoms with van der Waals surface area (Å²) in [5, 5.41) is 4.06. The van der Waals surface area contributed by atoms with Gasteiger partial charge in [-0.15, -0.1) is 5.10 Å². The Labute approximate surface area is 91.8 Å². The minimum Gasteiger partial charge on any atom is -0.461 e. The second-order valence-corrected chi connectivity index (χ2v) is 4.67. The summed E-state index contributed by atoms with van der Waals surface area (Å²) in [7, 11) is 0. The molecule has 0 aliphatic carbocycles. The molecule has 0 saturated heterocycles. The molecular weight excluding hydrogens is 270 g/mol. The molecule has 14 heavy (non-hydrogen) atoms. The lowest BCUT2D eigenvalue weighted by Gasteiger charge is -1.95. The third-order valence-corrected chi connectivity index (χ3v) is 3.01. The molecule has 0 aliphatic heterocycles. The van der Waals surface area contributed by atoms with Crippen molar-refractivity contribution >= 4 is 38.1 Å². The Morgan fingerprint density at radius 2 is 2.57 bits per heavy atom. The molecule has 0 bridgehead atoms. The van der Waals surface area contributed by atoms with Crippen LogP contribution in [-0.2, 0) is 4.74 Å². The third kappa shape index (κ3) is 1.53. The van der Waals surface area contributed by atoms with Gasteiger partial charge < -0.3 is 4.74 Å². The number of hydrogen-bond donors (Lipinski definition) is 0. The summed E-state index contributed by atoms with van der Waals surface area (Å²) in [4.78, 5) is 16.0. The van der Waals surface area contributed by atoms with Crippen LogP contribution in [0.3, 0.4) is 0 Å². The van der Waals surface area contributed by atoms with Crippen LogP contribution in [0.2, 0.25) is 0 Å². The molecule has 2 heterocycles. The smallest absolute Gasteiger partial charge is 0.360 e. The van der Waals surface area contributed by atoms with Crippen LogP contribution in [0.4, 0.5) is 0 Å². The summed E-state index contributed by atoms with van der Waals surface area (Å²) in [5.74, 6) is -0.411. The van der Waals surface area contributed by atoms with Crippen LogP contribution in [0.5, 0.6) is 0 Å². The first-order valence-corrected chi connectivity index (χ1v) is 5.50. The van der Waals surface area contributed by atoms with E-state index in [1.54, 1.807) is 11.4 Å². The van der Waals surface area contributed by atoms with E-state index >= 15 is 0 Å². The quantitative estimate of drug-likeness (QED) is 0.784. The fraction of sp³-hybridized carbons (Fsp3) is 0.286. The van der Waals surface area contributed by atoms with Gasteiger partial charge >= 0.3 is 5.97 Å². The lowest BCUT2D eigenvalue weighted by atomic mass is 10.5. The SMILES string of the molecule is CCOC(=O)c1ncn2nc(Br)sc12. The highest BCUT2D eigenvalue weighted by Crippen LogP contribution is 2.22. The van der Waals surface area contributed by atoms with Crippen LogP contribution in [0.25, 0.3) is 4.83 Å². The van der Waals surface area contributed by atoms with Gasteiger partial charge in [0.25, 0.3) is 0 Å². The summed E-state index contributed by atoms with van der Waals surface area (Å²) in [6, 6.07) is 0. The number of carbonyl (C=O) groups excluding carboxylic acids is 1. The standard InChI is InChI=1S/C7H6BrN3O2S/c1-2-13-6(12)4-5-11(3-9-4)10-7(8)14-5/h3H,2H2,1H3. The fourth-order valence-corrected chi connectivity index (χ4v) is 2.35. The molecule has 0 radical (unpaired) electrons. The average Bonchev–Trinajstić information content (AvgIpc) is 2.62. The van der Waals surface area contributed by atoms with E-state index in [-0.39, 0.29) is 0 Å². The molecule has 2 aromatic rings. The molecule has 2 rings (SSSR count). The largest absolute Gasteiger partial charge is 0.461 e. The first-order valence-electron chi connectivity index (χ1n) is 3.89. The fourth-order valence-electron chi connectivity index (χ4n) is 1.02. The van der Waals surface area contributed by atoms with Gasteiger partial charge in [-0.1, -0.05) is 11.3 Å². The highest BCUT2D eigenvalue weighted by molar-refractivity contribution is 9.11. The van der Waals surface area contributed by atoms with Crippen molar-refractivity contribution in [3.63, 3.8) is 0 Å². The van der Waals surface area contributed by atoms with Crippen molar-refractivity contribution in [2.24, 2.45) is 0 Å². The molecular formula is C7H6BrN3O2S. The number of aromatic nitrogens is 3. The van der Waals surface area contributed by atoms with Crippen molar-refractivity contribution in [1.29, 1.82) is 0 Å². The van der Waals surface area contributed by atoms with Crippen LogP contribution < -0.4 is 0 Å². The molecule has 0 fully saturated rings. The number of ether oxygens (including phenoxy) is 1. The zero-order valence-corrected chi connectivity index (χ0v) is 9.63. The number of halogens is 1. The second kappa shape index (κ2) is 3.66. The number of nitrogens with zero attached hydrogens (tertiary/aromatic N) is 3. The van der Waals surface area contributed by atoms with Gasteiger partial charge in [-0.3, -0.25) is 0 Å². The molecule has 7 heteroatoms. The Morgan fingerprint density at radius 1 is 1.79 bits per heavy atom. The normalized spacial score (nSPS) is 10.7.